The Balaban J connectivity index is 1.87. The van der Waals surface area contributed by atoms with Crippen molar-refractivity contribution >= 4 is 11.6 Å². The minimum absolute atomic E-state index is 0.122. The number of nitrogens with one attached hydrogen (secondary N) is 1. The van der Waals surface area contributed by atoms with Crippen LogP contribution < -0.4 is 5.32 Å². The number of hydrogen-bond acceptors (Lipinski definition) is 2. The van der Waals surface area contributed by atoms with Crippen molar-refractivity contribution in [1.29, 1.82) is 0 Å². The minimum atomic E-state index is -0.429. The first-order chi connectivity index (χ1) is 12.5. The smallest absolute Gasteiger partial charge is 0.232 e. The summed E-state index contributed by atoms with van der Waals surface area (Å²) in [6, 6.07) is 15.7. The van der Waals surface area contributed by atoms with Crippen LogP contribution in [0.2, 0.25) is 0 Å². The van der Waals surface area contributed by atoms with Crippen molar-refractivity contribution in [3.8, 4) is 0 Å². The maximum Gasteiger partial charge on any atom is 0.232 e. The predicted molar refractivity (Wildman–Crippen MR) is 102 cm³/mol. The summed E-state index contributed by atoms with van der Waals surface area (Å²) in [4.78, 5) is 17.1. The Morgan fingerprint density at radius 3 is 2.50 bits per heavy atom. The molecule has 3 aromatic rings. The number of benzene rings is 2. The largest absolute Gasteiger partial charge is 0.326 e. The molecular weight excluding hydrogens is 327 g/mol. The lowest BCUT2D eigenvalue weighted by molar-refractivity contribution is -0.117. The average molecular weight is 348 g/mol. The van der Waals surface area contributed by atoms with Gasteiger partial charge in [-0.3, -0.25) is 9.78 Å². The van der Waals surface area contributed by atoms with Crippen LogP contribution in [-0.2, 0) is 11.2 Å². The van der Waals surface area contributed by atoms with Crippen molar-refractivity contribution in [1.82, 2.24) is 4.98 Å². The Labute approximate surface area is 152 Å². The van der Waals surface area contributed by atoms with Crippen LogP contribution in [0.3, 0.4) is 0 Å². The molecule has 1 atom stereocenters. The Morgan fingerprint density at radius 2 is 1.85 bits per heavy atom. The molecule has 4 heteroatoms. The highest BCUT2D eigenvalue weighted by molar-refractivity contribution is 5.96. The van der Waals surface area contributed by atoms with Gasteiger partial charge < -0.3 is 5.32 Å². The first-order valence-corrected chi connectivity index (χ1v) is 8.55. The molecule has 0 saturated heterocycles. The number of nitrogens with zero attached hydrogens (tertiary/aromatic N) is 1. The summed E-state index contributed by atoms with van der Waals surface area (Å²) in [5.41, 5.74) is 4.78. The second-order valence-electron chi connectivity index (χ2n) is 6.46. The molecule has 0 aliphatic rings. The van der Waals surface area contributed by atoms with Gasteiger partial charge in [0.15, 0.2) is 0 Å². The van der Waals surface area contributed by atoms with Gasteiger partial charge in [-0.15, -0.1) is 0 Å². The van der Waals surface area contributed by atoms with Gasteiger partial charge in [-0.1, -0.05) is 24.3 Å². The van der Waals surface area contributed by atoms with Crippen LogP contribution in [0.25, 0.3) is 0 Å². The predicted octanol–water partition coefficient (Wildman–Crippen LogP) is 4.80. The van der Waals surface area contributed by atoms with E-state index in [4.69, 9.17) is 0 Å². The van der Waals surface area contributed by atoms with E-state index in [-0.39, 0.29) is 11.7 Å². The third-order valence-corrected chi connectivity index (χ3v) is 4.53. The highest BCUT2D eigenvalue weighted by Crippen LogP contribution is 2.24. The molecule has 0 fully saturated rings. The maximum absolute atomic E-state index is 13.3. The van der Waals surface area contributed by atoms with E-state index in [9.17, 15) is 9.18 Å². The van der Waals surface area contributed by atoms with Gasteiger partial charge in [-0.05, 0) is 72.9 Å². The SMILES string of the molecule is Cc1ccc(NC(=O)C(Cc2cccnc2)c2ccc(F)cc2)cc1C. The summed E-state index contributed by atoms with van der Waals surface area (Å²) in [5.74, 6) is -0.867. The lowest BCUT2D eigenvalue weighted by atomic mass is 9.91. The molecule has 3 nitrogen and oxygen atoms in total. The van der Waals surface area contributed by atoms with Crippen LogP contribution in [-0.4, -0.2) is 10.9 Å². The molecule has 0 spiro atoms. The van der Waals surface area contributed by atoms with Crippen molar-refractivity contribution in [3.05, 3.63) is 95.1 Å². The second-order valence-corrected chi connectivity index (χ2v) is 6.46. The molecule has 1 amide bonds. The van der Waals surface area contributed by atoms with Crippen molar-refractivity contribution < 1.29 is 9.18 Å². The van der Waals surface area contributed by atoms with Crippen LogP contribution in [0.15, 0.2) is 67.0 Å². The van der Waals surface area contributed by atoms with Crippen LogP contribution in [0.5, 0.6) is 0 Å². The van der Waals surface area contributed by atoms with Crippen LogP contribution in [0.4, 0.5) is 10.1 Å². The maximum atomic E-state index is 13.3. The zero-order valence-electron chi connectivity index (χ0n) is 14.9. The van der Waals surface area contributed by atoms with E-state index in [1.165, 1.54) is 17.7 Å². The Kier molecular flexibility index (Phi) is 5.42. The number of halogens is 1. The first kappa shape index (κ1) is 17.8. The van der Waals surface area contributed by atoms with E-state index in [0.29, 0.717) is 6.42 Å². The van der Waals surface area contributed by atoms with Crippen LogP contribution in [0, 0.1) is 19.7 Å². The molecule has 0 radical (unpaired) electrons. The number of aryl methyl sites for hydroxylation is 2. The molecule has 132 valence electrons. The van der Waals surface area contributed by atoms with E-state index in [0.717, 1.165) is 22.4 Å². The fourth-order valence-corrected chi connectivity index (χ4v) is 2.86. The second kappa shape index (κ2) is 7.91. The monoisotopic (exact) mass is 348 g/mol. The molecule has 1 heterocycles. The van der Waals surface area contributed by atoms with Gasteiger partial charge in [0.2, 0.25) is 5.91 Å². The van der Waals surface area contributed by atoms with E-state index in [2.05, 4.69) is 10.3 Å². The van der Waals surface area contributed by atoms with Crippen molar-refractivity contribution in [2.45, 2.75) is 26.2 Å². The zero-order valence-corrected chi connectivity index (χ0v) is 14.9. The quantitative estimate of drug-likeness (QED) is 0.719. The first-order valence-electron chi connectivity index (χ1n) is 8.55. The highest BCUT2D eigenvalue weighted by Gasteiger charge is 2.21. The molecule has 1 unspecified atom stereocenters. The molecule has 1 N–H and O–H groups in total. The fraction of sp³-hybridized carbons (Fsp3) is 0.182. The number of hydrogen-bond donors (Lipinski definition) is 1. The third-order valence-electron chi connectivity index (χ3n) is 4.53. The molecule has 1 aromatic heterocycles. The Bertz CT molecular complexity index is 892. The number of aromatic nitrogens is 1. The Hall–Kier alpha value is -3.01. The average Bonchev–Trinajstić information content (AvgIpc) is 2.64. The van der Waals surface area contributed by atoms with Crippen LogP contribution in [0.1, 0.15) is 28.2 Å². The van der Waals surface area contributed by atoms with Gasteiger partial charge in [-0.25, -0.2) is 4.39 Å². The van der Waals surface area contributed by atoms with Gasteiger partial charge in [0.1, 0.15) is 5.82 Å². The molecule has 3 rings (SSSR count). The molecule has 2 aromatic carbocycles. The Morgan fingerprint density at radius 1 is 1.08 bits per heavy atom. The molecule has 0 bridgehead atoms. The standard InChI is InChI=1S/C22H21FN2O/c1-15-5-10-20(12-16(15)2)25-22(26)21(13-17-4-3-11-24-14-17)18-6-8-19(23)9-7-18/h3-12,14,21H,13H2,1-2H3,(H,25,26). The topological polar surface area (TPSA) is 42.0 Å². The van der Waals surface area contributed by atoms with E-state index < -0.39 is 5.92 Å². The fourth-order valence-electron chi connectivity index (χ4n) is 2.86. The summed E-state index contributed by atoms with van der Waals surface area (Å²) >= 11 is 0. The molecule has 0 aliphatic heterocycles. The summed E-state index contributed by atoms with van der Waals surface area (Å²) < 4.78 is 13.3. The summed E-state index contributed by atoms with van der Waals surface area (Å²) in [6.45, 7) is 4.04. The normalized spacial score (nSPS) is 11.8. The number of carbonyl (C=O) groups excluding carboxylic acids is 1. The van der Waals surface area contributed by atoms with Gasteiger partial charge in [0.05, 0.1) is 5.92 Å². The molecule has 26 heavy (non-hydrogen) atoms. The minimum Gasteiger partial charge on any atom is -0.326 e. The molecule has 0 saturated carbocycles. The van der Waals surface area contributed by atoms with Gasteiger partial charge in [0, 0.05) is 18.1 Å². The number of anilines is 1. The summed E-state index contributed by atoms with van der Waals surface area (Å²) in [6.07, 6.45) is 3.95. The van der Waals surface area contributed by atoms with Crippen molar-refractivity contribution in [3.63, 3.8) is 0 Å². The van der Waals surface area contributed by atoms with E-state index >= 15 is 0 Å². The van der Waals surface area contributed by atoms with Gasteiger partial charge >= 0.3 is 0 Å². The lowest BCUT2D eigenvalue weighted by Gasteiger charge is -2.18. The van der Waals surface area contributed by atoms with E-state index in [1.807, 2.05) is 44.2 Å². The molecular formula is C22H21FN2O. The third kappa shape index (κ3) is 4.33. The molecule has 0 aliphatic carbocycles. The number of amides is 1. The zero-order chi connectivity index (χ0) is 18.5. The summed E-state index contributed by atoms with van der Waals surface area (Å²) in [5, 5.41) is 2.99. The highest BCUT2D eigenvalue weighted by atomic mass is 19.1. The van der Waals surface area contributed by atoms with Crippen molar-refractivity contribution in [2.75, 3.05) is 5.32 Å². The lowest BCUT2D eigenvalue weighted by Crippen LogP contribution is -2.23. The van der Waals surface area contributed by atoms with Gasteiger partial charge in [0.25, 0.3) is 0 Å². The van der Waals surface area contributed by atoms with Crippen LogP contribution >= 0.6 is 0 Å². The number of rotatable bonds is 5. The van der Waals surface area contributed by atoms with E-state index in [1.54, 1.807) is 24.5 Å². The number of pyridine rings is 1. The van der Waals surface area contributed by atoms with Crippen molar-refractivity contribution in [2.24, 2.45) is 0 Å². The number of carbonyl (C=O) groups is 1. The summed E-state index contributed by atoms with van der Waals surface area (Å²) in [7, 11) is 0. The van der Waals surface area contributed by atoms with Gasteiger partial charge in [-0.2, -0.15) is 0 Å².